The van der Waals surface area contributed by atoms with Gasteiger partial charge in [0.2, 0.25) is 0 Å². The maximum atomic E-state index is 13.5. The van der Waals surface area contributed by atoms with Crippen molar-refractivity contribution in [1.82, 2.24) is 4.57 Å². The third kappa shape index (κ3) is 5.43. The topological polar surface area (TPSA) is 62.5 Å². The number of carbonyl (C=O) groups excluding carboxylic acids is 1. The quantitative estimate of drug-likeness (QED) is 0.489. The van der Waals surface area contributed by atoms with Gasteiger partial charge in [-0.05, 0) is 56.5 Å². The number of hydrogen-bond acceptors (Lipinski definition) is 3. The third-order valence-electron chi connectivity index (χ3n) is 4.91. The number of rotatable bonds is 8. The van der Waals surface area contributed by atoms with Crippen molar-refractivity contribution in [3.05, 3.63) is 66.1 Å². The summed E-state index contributed by atoms with van der Waals surface area (Å²) in [6, 6.07) is 15.1. The molecule has 0 saturated carbocycles. The average Bonchev–Trinajstić information content (AvgIpc) is 3.08. The van der Waals surface area contributed by atoms with Crippen LogP contribution in [0.3, 0.4) is 0 Å². The van der Waals surface area contributed by atoms with Crippen molar-refractivity contribution in [2.45, 2.75) is 45.3 Å². The Labute approximate surface area is 177 Å². The Kier molecular flexibility index (Phi) is 8.96. The summed E-state index contributed by atoms with van der Waals surface area (Å²) in [4.78, 5) is 10.5. The first-order valence-electron chi connectivity index (χ1n) is 10.1. The summed E-state index contributed by atoms with van der Waals surface area (Å²) in [6.07, 6.45) is 5.65. The van der Waals surface area contributed by atoms with Crippen LogP contribution in [0.2, 0.25) is 0 Å². The lowest BCUT2D eigenvalue weighted by molar-refractivity contribution is -0.109. The van der Waals surface area contributed by atoms with Gasteiger partial charge in [0.1, 0.15) is 12.1 Å². The van der Waals surface area contributed by atoms with Gasteiger partial charge in [0, 0.05) is 41.7 Å². The van der Waals surface area contributed by atoms with E-state index in [1.54, 1.807) is 0 Å². The number of hydrogen-bond donors (Lipinski definition) is 2. The molecule has 1 atom stereocenters. The van der Waals surface area contributed by atoms with Crippen LogP contribution in [0.5, 0.6) is 0 Å². The average molecular weight is 412 g/mol. The molecule has 0 unspecified atom stereocenters. The first kappa shape index (κ1) is 23.5. The van der Waals surface area contributed by atoms with Crippen LogP contribution >= 0.6 is 0 Å². The minimum absolute atomic E-state index is 0.168. The lowest BCUT2D eigenvalue weighted by Gasteiger charge is -2.14. The molecule has 160 valence electrons. The zero-order valence-electron chi connectivity index (χ0n) is 17.8. The largest absolute Gasteiger partial charge is 0.400 e. The highest BCUT2D eigenvalue weighted by atomic mass is 19.1. The van der Waals surface area contributed by atoms with Crippen LogP contribution in [0.25, 0.3) is 28.1 Å². The van der Waals surface area contributed by atoms with Crippen LogP contribution in [-0.2, 0) is 4.79 Å². The lowest BCUT2D eigenvalue weighted by atomic mass is 10.0. The highest BCUT2D eigenvalue weighted by Gasteiger charge is 2.18. The normalized spacial score (nSPS) is 12.2. The van der Waals surface area contributed by atoms with Gasteiger partial charge in [-0.15, -0.1) is 0 Å². The van der Waals surface area contributed by atoms with E-state index in [1.165, 1.54) is 12.1 Å². The first-order valence-corrected chi connectivity index (χ1v) is 10.1. The molecule has 0 fully saturated rings. The maximum Gasteiger partial charge on any atom is 0.123 e. The molecule has 0 aliphatic heterocycles. The minimum atomic E-state index is -0.602. The molecule has 0 amide bonds. The van der Waals surface area contributed by atoms with Crippen molar-refractivity contribution in [3.63, 3.8) is 0 Å². The second kappa shape index (κ2) is 11.4. The van der Waals surface area contributed by atoms with E-state index in [2.05, 4.69) is 36.6 Å². The van der Waals surface area contributed by atoms with Crippen LogP contribution in [-0.4, -0.2) is 34.3 Å². The first-order chi connectivity index (χ1) is 14.5. The molecule has 2 N–H and O–H groups in total. The van der Waals surface area contributed by atoms with Gasteiger partial charge in [0.15, 0.2) is 0 Å². The number of para-hydroxylation sites is 1. The Morgan fingerprint density at radius 3 is 2.37 bits per heavy atom. The van der Waals surface area contributed by atoms with Crippen molar-refractivity contribution in [1.29, 1.82) is 0 Å². The number of aliphatic hydroxyl groups is 2. The molecule has 0 aliphatic carbocycles. The van der Waals surface area contributed by atoms with Crippen molar-refractivity contribution in [2.24, 2.45) is 0 Å². The van der Waals surface area contributed by atoms with Crippen LogP contribution in [0.4, 0.5) is 4.39 Å². The predicted octanol–water partition coefficient (Wildman–Crippen LogP) is 5.38. The van der Waals surface area contributed by atoms with Gasteiger partial charge in [-0.1, -0.05) is 36.4 Å². The van der Waals surface area contributed by atoms with E-state index >= 15 is 0 Å². The molecule has 0 aliphatic rings. The molecule has 3 aromatic rings. The number of fused-ring (bicyclic) bond motifs is 1. The molecule has 0 spiro atoms. The monoisotopic (exact) mass is 411 g/mol. The van der Waals surface area contributed by atoms with Crippen LogP contribution in [0.1, 0.15) is 44.8 Å². The SMILES string of the molecule is CC(C)n1c(/C=C/CC[C@@H](O)CC=O)c(-c2ccc(F)cc2)c2ccccc21.CO. The Morgan fingerprint density at radius 1 is 1.07 bits per heavy atom. The maximum absolute atomic E-state index is 13.5. The molecule has 3 rings (SSSR count). The second-order valence-electron chi connectivity index (χ2n) is 7.28. The van der Waals surface area contributed by atoms with Gasteiger partial charge in [0.25, 0.3) is 0 Å². The second-order valence-corrected chi connectivity index (χ2v) is 7.28. The smallest absolute Gasteiger partial charge is 0.123 e. The molecule has 0 bridgehead atoms. The number of aldehydes is 1. The van der Waals surface area contributed by atoms with E-state index in [0.717, 1.165) is 41.1 Å². The van der Waals surface area contributed by atoms with E-state index in [4.69, 9.17) is 5.11 Å². The van der Waals surface area contributed by atoms with Crippen molar-refractivity contribution in [3.8, 4) is 11.1 Å². The lowest BCUT2D eigenvalue weighted by Crippen LogP contribution is -2.06. The molecule has 2 aromatic carbocycles. The van der Waals surface area contributed by atoms with Crippen LogP contribution in [0, 0.1) is 5.82 Å². The molecule has 30 heavy (non-hydrogen) atoms. The molecule has 0 radical (unpaired) electrons. The summed E-state index contributed by atoms with van der Waals surface area (Å²) in [6.45, 7) is 4.29. The Hall–Kier alpha value is -2.76. The van der Waals surface area contributed by atoms with Crippen LogP contribution in [0.15, 0.2) is 54.6 Å². The fourth-order valence-electron chi connectivity index (χ4n) is 3.64. The third-order valence-corrected chi connectivity index (χ3v) is 4.91. The molecule has 1 aromatic heterocycles. The molecular weight excluding hydrogens is 381 g/mol. The Bertz CT molecular complexity index is 974. The van der Waals surface area contributed by atoms with Crippen molar-refractivity contribution >= 4 is 23.3 Å². The van der Waals surface area contributed by atoms with E-state index in [1.807, 2.05) is 30.3 Å². The van der Waals surface area contributed by atoms with Crippen LogP contribution < -0.4 is 0 Å². The highest BCUT2D eigenvalue weighted by Crippen LogP contribution is 2.37. The van der Waals surface area contributed by atoms with Gasteiger partial charge in [0.05, 0.1) is 6.10 Å². The fraction of sp³-hybridized carbons (Fsp3) is 0.320. The van der Waals surface area contributed by atoms with Crippen molar-refractivity contribution < 1.29 is 19.4 Å². The number of aliphatic hydroxyl groups excluding tert-OH is 2. The van der Waals surface area contributed by atoms with Gasteiger partial charge in [-0.3, -0.25) is 0 Å². The number of aromatic nitrogens is 1. The summed E-state index contributed by atoms with van der Waals surface area (Å²) >= 11 is 0. The summed E-state index contributed by atoms with van der Waals surface area (Å²) in [5.74, 6) is -0.252. The molecule has 4 nitrogen and oxygen atoms in total. The minimum Gasteiger partial charge on any atom is -0.400 e. The number of halogens is 1. The Morgan fingerprint density at radius 2 is 1.73 bits per heavy atom. The van der Waals surface area contributed by atoms with E-state index in [9.17, 15) is 14.3 Å². The molecule has 0 saturated heterocycles. The molecule has 5 heteroatoms. The molecule has 1 heterocycles. The fourth-order valence-corrected chi connectivity index (χ4v) is 3.64. The zero-order valence-corrected chi connectivity index (χ0v) is 17.8. The number of carbonyl (C=O) groups is 1. The van der Waals surface area contributed by atoms with Gasteiger partial charge >= 0.3 is 0 Å². The van der Waals surface area contributed by atoms with Gasteiger partial charge in [-0.25, -0.2) is 4.39 Å². The van der Waals surface area contributed by atoms with E-state index in [-0.39, 0.29) is 18.3 Å². The summed E-state index contributed by atoms with van der Waals surface area (Å²) in [7, 11) is 1.00. The van der Waals surface area contributed by atoms with Gasteiger partial charge < -0.3 is 19.6 Å². The highest BCUT2D eigenvalue weighted by molar-refractivity contribution is 6.01. The Balaban J connectivity index is 0.00000155. The van der Waals surface area contributed by atoms with E-state index < -0.39 is 6.10 Å². The predicted molar refractivity (Wildman–Crippen MR) is 121 cm³/mol. The summed E-state index contributed by atoms with van der Waals surface area (Å²) in [5, 5.41) is 17.9. The summed E-state index contributed by atoms with van der Waals surface area (Å²) < 4.78 is 15.8. The molecular formula is C25H30FNO3. The van der Waals surface area contributed by atoms with Gasteiger partial charge in [-0.2, -0.15) is 0 Å². The zero-order chi connectivity index (χ0) is 22.1. The summed E-state index contributed by atoms with van der Waals surface area (Å²) in [5.41, 5.74) is 4.25. The number of nitrogens with zero attached hydrogens (tertiary/aromatic N) is 1. The number of allylic oxidation sites excluding steroid dienone is 1. The van der Waals surface area contributed by atoms with Crippen molar-refractivity contribution in [2.75, 3.05) is 7.11 Å². The number of benzene rings is 2. The standard InChI is InChI=1S/C24H26FNO2.CH4O/c1-17(2)26-22-9-6-4-8-21(22)24(18-11-13-19(25)14-12-18)23(26)10-5-3-7-20(28)15-16-27;1-2/h4-6,8-14,16-17,20,28H,3,7,15H2,1-2H3;2H,1H3/b10-5+;/t20-;/m1./s1. The van der Waals surface area contributed by atoms with E-state index in [0.29, 0.717) is 12.8 Å².